The molecule has 0 saturated carbocycles. The molecule has 2 aromatic heterocycles. The Kier molecular flexibility index (Phi) is 5.13. The van der Waals surface area contributed by atoms with E-state index in [2.05, 4.69) is 15.3 Å². The van der Waals surface area contributed by atoms with Crippen LogP contribution in [0.25, 0.3) is 21.3 Å². The van der Waals surface area contributed by atoms with E-state index >= 15 is 0 Å². The van der Waals surface area contributed by atoms with Crippen molar-refractivity contribution in [3.05, 3.63) is 71.6 Å². The smallest absolute Gasteiger partial charge is 0.262 e. The number of ether oxygens (including phenoxy) is 1. The van der Waals surface area contributed by atoms with E-state index in [0.717, 1.165) is 29.3 Å². The first-order valence-corrected chi connectivity index (χ1v) is 9.25. The predicted octanol–water partition coefficient (Wildman–Crippen LogP) is 4.79. The normalized spacial score (nSPS) is 10.9. The number of fused-ring (bicyclic) bond motifs is 1. The van der Waals surface area contributed by atoms with Crippen LogP contribution in [-0.2, 0) is 4.79 Å². The summed E-state index contributed by atoms with van der Waals surface area (Å²) in [6.07, 6.45) is 1.30. The highest BCUT2D eigenvalue weighted by Gasteiger charge is 2.16. The molecule has 146 valence electrons. The molecule has 0 aliphatic heterocycles. The number of nitrogens with zero attached hydrogens (tertiary/aromatic N) is 2. The van der Waals surface area contributed by atoms with Crippen molar-refractivity contribution >= 4 is 33.1 Å². The Bertz CT molecular complexity index is 1200. The molecule has 2 heterocycles. The second-order valence-electron chi connectivity index (χ2n) is 5.98. The molecular weight excluding hydrogens is 403 g/mol. The number of thiophene rings is 1. The third-order valence-corrected chi connectivity index (χ3v) is 4.92. The molecule has 0 unspecified atom stereocenters. The maximum atomic E-state index is 13.7. The van der Waals surface area contributed by atoms with Gasteiger partial charge in [0.1, 0.15) is 28.6 Å². The van der Waals surface area contributed by atoms with Gasteiger partial charge in [0.2, 0.25) is 5.88 Å². The van der Waals surface area contributed by atoms with Crippen molar-refractivity contribution in [2.75, 3.05) is 11.9 Å². The summed E-state index contributed by atoms with van der Waals surface area (Å²) in [5.74, 6) is -2.32. The second-order valence-corrected chi connectivity index (χ2v) is 6.83. The molecule has 29 heavy (non-hydrogen) atoms. The summed E-state index contributed by atoms with van der Waals surface area (Å²) in [4.78, 5) is 21.0. The van der Waals surface area contributed by atoms with E-state index < -0.39 is 24.1 Å². The number of carbonyl (C=O) groups is 1. The van der Waals surface area contributed by atoms with Crippen LogP contribution in [0.4, 0.5) is 18.9 Å². The molecule has 4 rings (SSSR count). The van der Waals surface area contributed by atoms with E-state index in [9.17, 15) is 18.0 Å². The van der Waals surface area contributed by atoms with Gasteiger partial charge in [-0.2, -0.15) is 0 Å². The highest BCUT2D eigenvalue weighted by molar-refractivity contribution is 7.17. The van der Waals surface area contributed by atoms with Crippen molar-refractivity contribution in [1.82, 2.24) is 9.97 Å². The highest BCUT2D eigenvalue weighted by Crippen LogP contribution is 2.37. The summed E-state index contributed by atoms with van der Waals surface area (Å²) in [6, 6.07) is 8.66. The molecule has 4 aromatic rings. The van der Waals surface area contributed by atoms with Crippen LogP contribution < -0.4 is 10.1 Å². The summed E-state index contributed by atoms with van der Waals surface area (Å²) in [5, 5.41) is 4.67. The van der Waals surface area contributed by atoms with Gasteiger partial charge in [-0.05, 0) is 29.8 Å². The Morgan fingerprint density at radius 1 is 1.03 bits per heavy atom. The van der Waals surface area contributed by atoms with E-state index in [0.29, 0.717) is 10.2 Å². The third-order valence-electron chi connectivity index (χ3n) is 4.03. The molecule has 5 nitrogen and oxygen atoms in total. The fraction of sp³-hybridized carbons (Fsp3) is 0.0500. The van der Waals surface area contributed by atoms with Gasteiger partial charge in [0.25, 0.3) is 5.91 Å². The van der Waals surface area contributed by atoms with Gasteiger partial charge < -0.3 is 10.1 Å². The summed E-state index contributed by atoms with van der Waals surface area (Å²) in [6.45, 7) is -0.471. The zero-order valence-electron chi connectivity index (χ0n) is 14.7. The Balaban J connectivity index is 1.56. The average Bonchev–Trinajstić information content (AvgIpc) is 3.14. The molecule has 0 fully saturated rings. The number of aromatic nitrogens is 2. The number of nitrogens with one attached hydrogen (secondary N) is 1. The lowest BCUT2D eigenvalue weighted by molar-refractivity contribution is -0.118. The first kappa shape index (κ1) is 18.9. The van der Waals surface area contributed by atoms with Gasteiger partial charge in [0.15, 0.2) is 6.61 Å². The van der Waals surface area contributed by atoms with Gasteiger partial charge in [-0.25, -0.2) is 23.1 Å². The van der Waals surface area contributed by atoms with Crippen LogP contribution in [0.3, 0.4) is 0 Å². The monoisotopic (exact) mass is 415 g/mol. The van der Waals surface area contributed by atoms with E-state index in [4.69, 9.17) is 4.74 Å². The summed E-state index contributed by atoms with van der Waals surface area (Å²) in [7, 11) is 0. The number of anilines is 1. The molecule has 2 aromatic carbocycles. The Hall–Kier alpha value is -3.46. The lowest BCUT2D eigenvalue weighted by atomic mass is 10.1. The molecule has 9 heteroatoms. The zero-order chi connectivity index (χ0) is 20.4. The summed E-state index contributed by atoms with van der Waals surface area (Å²) < 4.78 is 45.6. The van der Waals surface area contributed by atoms with Crippen LogP contribution in [0.5, 0.6) is 5.88 Å². The number of benzene rings is 2. The molecule has 0 bridgehead atoms. The van der Waals surface area contributed by atoms with Crippen molar-refractivity contribution in [2.24, 2.45) is 0 Å². The number of amides is 1. The predicted molar refractivity (Wildman–Crippen MR) is 103 cm³/mol. The van der Waals surface area contributed by atoms with Crippen molar-refractivity contribution < 1.29 is 22.7 Å². The van der Waals surface area contributed by atoms with Gasteiger partial charge >= 0.3 is 0 Å². The molecule has 0 spiro atoms. The maximum Gasteiger partial charge on any atom is 0.262 e. The van der Waals surface area contributed by atoms with Crippen molar-refractivity contribution in [3.63, 3.8) is 0 Å². The molecule has 0 aliphatic carbocycles. The third kappa shape index (κ3) is 4.04. The minimum atomic E-state index is -0.763. The first-order valence-electron chi connectivity index (χ1n) is 8.37. The van der Waals surface area contributed by atoms with Crippen LogP contribution in [-0.4, -0.2) is 22.5 Å². The van der Waals surface area contributed by atoms with Crippen molar-refractivity contribution in [1.29, 1.82) is 0 Å². The van der Waals surface area contributed by atoms with E-state index in [-0.39, 0.29) is 17.4 Å². The maximum absolute atomic E-state index is 13.7. The van der Waals surface area contributed by atoms with Crippen molar-refractivity contribution in [3.8, 4) is 17.0 Å². The minimum absolute atomic E-state index is 0.158. The fourth-order valence-electron chi connectivity index (χ4n) is 2.71. The molecular formula is C20H12F3N3O2S. The topological polar surface area (TPSA) is 64.1 Å². The largest absolute Gasteiger partial charge is 0.467 e. The average molecular weight is 415 g/mol. The van der Waals surface area contributed by atoms with Gasteiger partial charge in [0, 0.05) is 17.0 Å². The fourth-order valence-corrected chi connectivity index (χ4v) is 3.62. The zero-order valence-corrected chi connectivity index (χ0v) is 15.5. The SMILES string of the molecule is O=C(COc1ncnc2scc(-c3ccc(F)cc3)c12)Nc1cc(F)ccc1F. The summed E-state index contributed by atoms with van der Waals surface area (Å²) >= 11 is 1.35. The quantitative estimate of drug-likeness (QED) is 0.509. The number of hydrogen-bond donors (Lipinski definition) is 1. The molecule has 0 radical (unpaired) electrons. The van der Waals surface area contributed by atoms with Crippen LogP contribution in [0, 0.1) is 17.5 Å². The van der Waals surface area contributed by atoms with E-state index in [1.54, 1.807) is 12.1 Å². The lowest BCUT2D eigenvalue weighted by Crippen LogP contribution is -2.21. The van der Waals surface area contributed by atoms with Crippen LogP contribution in [0.2, 0.25) is 0 Å². The lowest BCUT2D eigenvalue weighted by Gasteiger charge is -2.09. The van der Waals surface area contributed by atoms with Crippen LogP contribution in [0.15, 0.2) is 54.2 Å². The number of carbonyl (C=O) groups excluding carboxylic acids is 1. The number of hydrogen-bond acceptors (Lipinski definition) is 5. The Labute approximate surface area is 166 Å². The highest BCUT2D eigenvalue weighted by atomic mass is 32.1. The second kappa shape index (κ2) is 7.88. The molecule has 1 amide bonds. The van der Waals surface area contributed by atoms with E-state index in [1.165, 1.54) is 29.8 Å². The molecule has 0 saturated heterocycles. The minimum Gasteiger partial charge on any atom is -0.467 e. The first-order chi connectivity index (χ1) is 14.0. The van der Waals surface area contributed by atoms with E-state index in [1.807, 2.05) is 5.38 Å². The van der Waals surface area contributed by atoms with Gasteiger partial charge in [-0.3, -0.25) is 4.79 Å². The molecule has 0 aliphatic rings. The standard InChI is InChI=1S/C20H12F3N3O2S/c21-12-3-1-11(2-4-12)14-9-29-20-18(14)19(24-10-25-20)28-8-17(27)26-16-7-13(22)5-6-15(16)23/h1-7,9-10H,8H2,(H,26,27). The number of halogens is 3. The van der Waals surface area contributed by atoms with Crippen LogP contribution in [0.1, 0.15) is 0 Å². The number of rotatable bonds is 5. The Morgan fingerprint density at radius 2 is 1.79 bits per heavy atom. The van der Waals surface area contributed by atoms with Crippen molar-refractivity contribution in [2.45, 2.75) is 0 Å². The Morgan fingerprint density at radius 3 is 2.59 bits per heavy atom. The summed E-state index contributed by atoms with van der Waals surface area (Å²) in [5.41, 5.74) is 1.19. The molecule has 0 atom stereocenters. The molecule has 1 N–H and O–H groups in total. The van der Waals surface area contributed by atoms with Gasteiger partial charge in [0.05, 0.1) is 11.1 Å². The van der Waals surface area contributed by atoms with Gasteiger partial charge in [-0.15, -0.1) is 11.3 Å². The van der Waals surface area contributed by atoms with Crippen LogP contribution >= 0.6 is 11.3 Å². The van der Waals surface area contributed by atoms with Gasteiger partial charge in [-0.1, -0.05) is 12.1 Å².